The van der Waals surface area contributed by atoms with Gasteiger partial charge in [-0.1, -0.05) is 24.3 Å². The molecule has 2 heterocycles. The van der Waals surface area contributed by atoms with E-state index >= 15 is 0 Å². The predicted molar refractivity (Wildman–Crippen MR) is 114 cm³/mol. The number of nitrogens with zero attached hydrogens (tertiary/aromatic N) is 2. The van der Waals surface area contributed by atoms with Gasteiger partial charge in [-0.25, -0.2) is 4.98 Å². The van der Waals surface area contributed by atoms with Crippen molar-refractivity contribution in [3.05, 3.63) is 52.3 Å². The number of ether oxygens (including phenoxy) is 3. The second kappa shape index (κ2) is 9.26. The number of H-pyrrole nitrogens is 1. The second-order valence-corrected chi connectivity index (χ2v) is 6.72. The lowest BCUT2D eigenvalue weighted by atomic mass is 10.1. The molecule has 1 N–H and O–H groups in total. The number of methoxy groups -OCH3 is 2. The minimum Gasteiger partial charge on any atom is -0.497 e. The molecule has 29 heavy (non-hydrogen) atoms. The summed E-state index contributed by atoms with van der Waals surface area (Å²) in [6.45, 7) is 4.36. The number of fused-ring (bicyclic) bond motifs is 1. The predicted octanol–water partition coefficient (Wildman–Crippen LogP) is 2.86. The lowest BCUT2D eigenvalue weighted by Crippen LogP contribution is -2.35. The Kier molecular flexibility index (Phi) is 6.74. The molecule has 3 aromatic rings. The Labute approximate surface area is 175 Å². The molecule has 0 unspecified atom stereocenters. The van der Waals surface area contributed by atoms with E-state index in [1.165, 1.54) is 12.7 Å². The molecule has 7 nitrogen and oxygen atoms in total. The van der Waals surface area contributed by atoms with Crippen LogP contribution in [0.4, 0.5) is 0 Å². The fourth-order valence-corrected chi connectivity index (χ4v) is 3.41. The Morgan fingerprint density at radius 3 is 2.48 bits per heavy atom. The van der Waals surface area contributed by atoms with E-state index < -0.39 is 0 Å². The van der Waals surface area contributed by atoms with Crippen LogP contribution in [0.5, 0.6) is 11.5 Å². The highest BCUT2D eigenvalue weighted by atomic mass is 35.5. The maximum atomic E-state index is 12.6. The molecule has 154 valence electrons. The maximum absolute atomic E-state index is 12.6. The maximum Gasteiger partial charge on any atom is 0.262 e. The van der Waals surface area contributed by atoms with E-state index in [-0.39, 0.29) is 18.0 Å². The Hall–Kier alpha value is -2.61. The smallest absolute Gasteiger partial charge is 0.262 e. The van der Waals surface area contributed by atoms with Crippen LogP contribution in [0.1, 0.15) is 5.56 Å². The van der Waals surface area contributed by atoms with Crippen LogP contribution in [-0.2, 0) is 11.3 Å². The normalized spacial score (nSPS) is 14.4. The van der Waals surface area contributed by atoms with Crippen molar-refractivity contribution in [2.45, 2.75) is 6.54 Å². The van der Waals surface area contributed by atoms with Crippen molar-refractivity contribution in [1.82, 2.24) is 14.9 Å². The molecule has 4 rings (SSSR count). The monoisotopic (exact) mass is 417 g/mol. The van der Waals surface area contributed by atoms with Crippen molar-refractivity contribution in [1.29, 1.82) is 0 Å². The number of aromatic amines is 1. The largest absolute Gasteiger partial charge is 0.497 e. The molecule has 0 radical (unpaired) electrons. The molecule has 0 saturated carbocycles. The van der Waals surface area contributed by atoms with Gasteiger partial charge in [0.15, 0.2) is 0 Å². The zero-order valence-corrected chi connectivity index (χ0v) is 17.3. The van der Waals surface area contributed by atoms with Crippen molar-refractivity contribution in [3.63, 3.8) is 0 Å². The van der Waals surface area contributed by atoms with Crippen LogP contribution in [0, 0.1) is 0 Å². The van der Waals surface area contributed by atoms with Gasteiger partial charge in [0, 0.05) is 37.3 Å². The van der Waals surface area contributed by atoms with Crippen LogP contribution >= 0.6 is 12.4 Å². The summed E-state index contributed by atoms with van der Waals surface area (Å²) in [6.07, 6.45) is 0. The first kappa shape index (κ1) is 21.1. The van der Waals surface area contributed by atoms with Gasteiger partial charge >= 0.3 is 0 Å². The first-order valence-corrected chi connectivity index (χ1v) is 9.23. The summed E-state index contributed by atoms with van der Waals surface area (Å²) >= 11 is 0. The highest BCUT2D eigenvalue weighted by Crippen LogP contribution is 2.28. The fraction of sp³-hybridized carbons (Fsp3) is 0.333. The topological polar surface area (TPSA) is 76.7 Å². The van der Waals surface area contributed by atoms with E-state index in [1.54, 1.807) is 19.2 Å². The van der Waals surface area contributed by atoms with Gasteiger partial charge in [0.1, 0.15) is 22.7 Å². The Bertz CT molecular complexity index is 1030. The third-order valence-corrected chi connectivity index (χ3v) is 4.94. The summed E-state index contributed by atoms with van der Waals surface area (Å²) < 4.78 is 16.0. The van der Waals surface area contributed by atoms with Gasteiger partial charge in [0.05, 0.1) is 33.0 Å². The van der Waals surface area contributed by atoms with Crippen LogP contribution in [0.25, 0.3) is 22.3 Å². The molecule has 0 aliphatic carbocycles. The van der Waals surface area contributed by atoms with Gasteiger partial charge in [-0.2, -0.15) is 0 Å². The molecular formula is C21H24ClN3O4. The molecule has 1 fully saturated rings. The van der Waals surface area contributed by atoms with Crippen LogP contribution in [0.2, 0.25) is 0 Å². The summed E-state index contributed by atoms with van der Waals surface area (Å²) in [4.78, 5) is 22.5. The number of morpholine rings is 1. The molecule has 0 atom stereocenters. The van der Waals surface area contributed by atoms with Gasteiger partial charge in [0.2, 0.25) is 0 Å². The number of aromatic nitrogens is 2. The van der Waals surface area contributed by atoms with E-state index in [2.05, 4.69) is 27.0 Å². The summed E-state index contributed by atoms with van der Waals surface area (Å²) in [5.74, 6) is 1.55. The third kappa shape index (κ3) is 4.53. The number of rotatable bonds is 5. The van der Waals surface area contributed by atoms with Crippen molar-refractivity contribution in [3.8, 4) is 22.9 Å². The zero-order valence-electron chi connectivity index (χ0n) is 16.4. The third-order valence-electron chi connectivity index (χ3n) is 4.94. The molecule has 0 bridgehead atoms. The lowest BCUT2D eigenvalue weighted by Gasteiger charge is -2.26. The van der Waals surface area contributed by atoms with Crippen molar-refractivity contribution in [2.24, 2.45) is 0 Å². The molecule has 1 aliphatic rings. The highest BCUT2D eigenvalue weighted by molar-refractivity contribution is 5.87. The lowest BCUT2D eigenvalue weighted by molar-refractivity contribution is 0.0342. The highest BCUT2D eigenvalue weighted by Gasteiger charge is 2.14. The van der Waals surface area contributed by atoms with Gasteiger partial charge in [-0.05, 0) is 5.56 Å². The van der Waals surface area contributed by atoms with Crippen LogP contribution in [-0.4, -0.2) is 55.4 Å². The summed E-state index contributed by atoms with van der Waals surface area (Å²) in [5, 5.41) is 0.413. The van der Waals surface area contributed by atoms with Crippen molar-refractivity contribution >= 4 is 23.3 Å². The number of benzene rings is 2. The Balaban J connectivity index is 0.00000240. The van der Waals surface area contributed by atoms with Crippen molar-refractivity contribution < 1.29 is 14.2 Å². The summed E-state index contributed by atoms with van der Waals surface area (Å²) in [6, 6.07) is 11.5. The van der Waals surface area contributed by atoms with E-state index in [1.807, 2.05) is 12.1 Å². The average molecular weight is 418 g/mol. The van der Waals surface area contributed by atoms with Crippen LogP contribution in [0.15, 0.2) is 41.2 Å². The van der Waals surface area contributed by atoms with E-state index in [4.69, 9.17) is 14.2 Å². The Morgan fingerprint density at radius 2 is 1.83 bits per heavy atom. The summed E-state index contributed by atoms with van der Waals surface area (Å²) in [7, 11) is 3.09. The standard InChI is InChI=1S/C21H23N3O4.ClH/c1-26-16-11-17-19(18(12-16)27-2)21(25)23-20(22-17)15-5-3-14(4-6-15)13-24-7-9-28-10-8-24;/h3-6,11-12H,7-10,13H2,1-2H3,(H,22,23,25);1H. The van der Waals surface area contributed by atoms with Gasteiger partial charge in [-0.15, -0.1) is 12.4 Å². The first-order valence-electron chi connectivity index (χ1n) is 9.23. The minimum atomic E-state index is -0.239. The number of halogens is 1. The van der Waals surface area contributed by atoms with E-state index in [0.717, 1.165) is 38.4 Å². The first-order chi connectivity index (χ1) is 13.7. The quantitative estimate of drug-likeness (QED) is 0.688. The van der Waals surface area contributed by atoms with Gasteiger partial charge in [-0.3, -0.25) is 9.69 Å². The molecule has 0 spiro atoms. The fourth-order valence-electron chi connectivity index (χ4n) is 3.41. The minimum absolute atomic E-state index is 0. The van der Waals surface area contributed by atoms with Gasteiger partial charge in [0.25, 0.3) is 5.56 Å². The average Bonchev–Trinajstić information content (AvgIpc) is 2.74. The molecule has 0 amide bonds. The molecule has 1 saturated heterocycles. The molecule has 1 aromatic heterocycles. The summed E-state index contributed by atoms with van der Waals surface area (Å²) in [5.41, 5.74) is 2.37. The van der Waals surface area contributed by atoms with E-state index in [9.17, 15) is 4.79 Å². The van der Waals surface area contributed by atoms with Gasteiger partial charge < -0.3 is 19.2 Å². The van der Waals surface area contributed by atoms with Crippen molar-refractivity contribution in [2.75, 3.05) is 40.5 Å². The van der Waals surface area contributed by atoms with Crippen LogP contribution < -0.4 is 15.0 Å². The molecule has 2 aromatic carbocycles. The van der Waals surface area contributed by atoms with E-state index in [0.29, 0.717) is 28.2 Å². The molecule has 1 aliphatic heterocycles. The molecular weight excluding hydrogens is 394 g/mol. The second-order valence-electron chi connectivity index (χ2n) is 6.72. The molecule has 8 heteroatoms. The van der Waals surface area contributed by atoms with Crippen LogP contribution in [0.3, 0.4) is 0 Å². The number of hydrogen-bond acceptors (Lipinski definition) is 6. The SMILES string of the molecule is COc1cc(OC)c2c(=O)[nH]c(-c3ccc(CN4CCOCC4)cc3)nc2c1.Cl. The Morgan fingerprint density at radius 1 is 1.10 bits per heavy atom. The number of nitrogens with one attached hydrogen (secondary N) is 1. The zero-order chi connectivity index (χ0) is 19.5. The number of hydrogen-bond donors (Lipinski definition) is 1.